The number of halogens is 3. The molecule has 0 spiro atoms. The van der Waals surface area contributed by atoms with E-state index in [1.54, 1.807) is 7.11 Å². The predicted octanol–water partition coefficient (Wildman–Crippen LogP) is 6.69. The Bertz CT molecular complexity index is 1200. The average molecular weight is 441 g/mol. The van der Waals surface area contributed by atoms with Crippen molar-refractivity contribution >= 4 is 34.2 Å². The third-order valence-electron chi connectivity index (χ3n) is 4.59. The number of hydrogen-bond acceptors (Lipinski definition) is 5. The summed E-state index contributed by atoms with van der Waals surface area (Å²) in [6, 6.07) is 20.3. The highest BCUT2D eigenvalue weighted by atomic mass is 32.2. The van der Waals surface area contributed by atoms with Crippen LogP contribution in [-0.4, -0.2) is 17.1 Å². The lowest BCUT2D eigenvalue weighted by molar-refractivity contribution is -0.137. The minimum absolute atomic E-state index is 0.449. The highest BCUT2D eigenvalue weighted by Crippen LogP contribution is 2.33. The Hall–Kier alpha value is -3.26. The lowest BCUT2D eigenvalue weighted by atomic mass is 10.1. The van der Waals surface area contributed by atoms with E-state index in [9.17, 15) is 13.2 Å². The molecule has 0 radical (unpaired) electrons. The van der Waals surface area contributed by atoms with Crippen LogP contribution in [0.15, 0.2) is 78.0 Å². The number of nitrogens with one attached hydrogen (secondary N) is 1. The summed E-state index contributed by atoms with van der Waals surface area (Å²) in [7, 11) is 1.60. The molecule has 0 aliphatic carbocycles. The van der Waals surface area contributed by atoms with Gasteiger partial charge in [-0.1, -0.05) is 48.2 Å². The number of benzene rings is 3. The maximum atomic E-state index is 12.8. The number of fused-ring (bicyclic) bond motifs is 1. The SMILES string of the molecule is COc1ccccc1Nc1nc(SCc2ccc(C(F)(F)F)cc2)nc2ccccc12. The number of aromatic nitrogens is 2. The van der Waals surface area contributed by atoms with Crippen LogP contribution in [0.5, 0.6) is 5.75 Å². The Balaban J connectivity index is 1.60. The second-order valence-electron chi connectivity index (χ2n) is 6.68. The maximum Gasteiger partial charge on any atom is 0.416 e. The molecule has 4 rings (SSSR count). The number of alkyl halides is 3. The Morgan fingerprint density at radius 1 is 0.903 bits per heavy atom. The normalized spacial score (nSPS) is 11.5. The molecule has 3 aromatic carbocycles. The van der Waals surface area contributed by atoms with E-state index in [1.807, 2.05) is 48.5 Å². The van der Waals surface area contributed by atoms with Gasteiger partial charge < -0.3 is 10.1 Å². The number of nitrogens with zero attached hydrogens (tertiary/aromatic N) is 2. The molecule has 1 heterocycles. The molecule has 0 aliphatic rings. The molecular formula is C23H18F3N3OS. The van der Waals surface area contributed by atoms with Crippen molar-refractivity contribution in [2.45, 2.75) is 17.1 Å². The Morgan fingerprint density at radius 3 is 2.35 bits per heavy atom. The van der Waals surface area contributed by atoms with Crippen LogP contribution < -0.4 is 10.1 Å². The van der Waals surface area contributed by atoms with Gasteiger partial charge in [0.2, 0.25) is 0 Å². The van der Waals surface area contributed by atoms with Crippen LogP contribution in [-0.2, 0) is 11.9 Å². The third kappa shape index (κ3) is 4.91. The van der Waals surface area contributed by atoms with Crippen LogP contribution in [0, 0.1) is 0 Å². The molecule has 1 aromatic heterocycles. The van der Waals surface area contributed by atoms with Gasteiger partial charge in [0.15, 0.2) is 5.16 Å². The van der Waals surface area contributed by atoms with Gasteiger partial charge >= 0.3 is 6.18 Å². The largest absolute Gasteiger partial charge is 0.495 e. The summed E-state index contributed by atoms with van der Waals surface area (Å²) in [4.78, 5) is 9.24. The standard InChI is InChI=1S/C23H18F3N3OS/c1-30-20-9-5-4-8-19(20)27-21-17-6-2-3-7-18(17)28-22(29-21)31-14-15-10-12-16(13-11-15)23(24,25)26/h2-13H,14H2,1H3,(H,27,28,29). The van der Waals surface area contributed by atoms with E-state index in [0.29, 0.717) is 22.5 Å². The zero-order valence-corrected chi connectivity index (χ0v) is 17.3. The highest BCUT2D eigenvalue weighted by Gasteiger charge is 2.29. The van der Waals surface area contributed by atoms with Crippen molar-refractivity contribution in [3.63, 3.8) is 0 Å². The molecule has 0 fully saturated rings. The van der Waals surface area contributed by atoms with E-state index < -0.39 is 11.7 Å². The molecule has 4 aromatic rings. The fraction of sp³-hybridized carbons (Fsp3) is 0.130. The van der Waals surface area contributed by atoms with Crippen LogP contribution in [0.1, 0.15) is 11.1 Å². The number of thioether (sulfide) groups is 1. The van der Waals surface area contributed by atoms with Gasteiger partial charge in [-0.25, -0.2) is 9.97 Å². The summed E-state index contributed by atoms with van der Waals surface area (Å²) >= 11 is 1.36. The summed E-state index contributed by atoms with van der Waals surface area (Å²) in [5.74, 6) is 1.76. The second-order valence-corrected chi connectivity index (χ2v) is 7.62. The molecule has 0 aliphatic heterocycles. The molecule has 158 valence electrons. The van der Waals surface area contributed by atoms with Crippen LogP contribution in [0.2, 0.25) is 0 Å². The van der Waals surface area contributed by atoms with Gasteiger partial charge in [0.05, 0.1) is 23.9 Å². The Kier molecular flexibility index (Phi) is 5.99. The van der Waals surface area contributed by atoms with Gasteiger partial charge in [0.25, 0.3) is 0 Å². The van der Waals surface area contributed by atoms with Crippen molar-refractivity contribution in [3.05, 3.63) is 83.9 Å². The van der Waals surface area contributed by atoms with Crippen molar-refractivity contribution in [2.75, 3.05) is 12.4 Å². The molecule has 31 heavy (non-hydrogen) atoms. The number of ether oxygens (including phenoxy) is 1. The van der Waals surface area contributed by atoms with E-state index >= 15 is 0 Å². The second kappa shape index (κ2) is 8.85. The minimum Gasteiger partial charge on any atom is -0.495 e. The van der Waals surface area contributed by atoms with Crippen molar-refractivity contribution in [2.24, 2.45) is 0 Å². The average Bonchev–Trinajstić information content (AvgIpc) is 2.78. The number of anilines is 2. The van der Waals surface area contributed by atoms with E-state index in [0.717, 1.165) is 34.3 Å². The van der Waals surface area contributed by atoms with Gasteiger partial charge in [0.1, 0.15) is 11.6 Å². The van der Waals surface area contributed by atoms with Gasteiger partial charge in [0, 0.05) is 11.1 Å². The lowest BCUT2D eigenvalue weighted by Crippen LogP contribution is -2.04. The first-order valence-corrected chi connectivity index (χ1v) is 10.4. The van der Waals surface area contributed by atoms with E-state index in [-0.39, 0.29) is 0 Å². The minimum atomic E-state index is -4.34. The number of para-hydroxylation sites is 3. The highest BCUT2D eigenvalue weighted by molar-refractivity contribution is 7.98. The monoisotopic (exact) mass is 441 g/mol. The molecule has 8 heteroatoms. The summed E-state index contributed by atoms with van der Waals surface area (Å²) in [5, 5.41) is 4.69. The van der Waals surface area contributed by atoms with Crippen LogP contribution in [0.4, 0.5) is 24.7 Å². The molecule has 0 amide bonds. The molecule has 0 atom stereocenters. The van der Waals surface area contributed by atoms with Crippen molar-refractivity contribution < 1.29 is 17.9 Å². The fourth-order valence-corrected chi connectivity index (χ4v) is 3.84. The quantitative estimate of drug-likeness (QED) is 0.267. The van der Waals surface area contributed by atoms with Crippen LogP contribution in [0.25, 0.3) is 10.9 Å². The first kappa shape index (κ1) is 21.0. The topological polar surface area (TPSA) is 47.0 Å². The van der Waals surface area contributed by atoms with E-state index in [2.05, 4.69) is 15.3 Å². The first-order chi connectivity index (χ1) is 14.9. The lowest BCUT2D eigenvalue weighted by Gasteiger charge is -2.13. The maximum absolute atomic E-state index is 12.8. The van der Waals surface area contributed by atoms with Crippen LogP contribution in [0.3, 0.4) is 0 Å². The molecule has 0 saturated heterocycles. The zero-order chi connectivity index (χ0) is 21.8. The summed E-state index contributed by atoms with van der Waals surface area (Å²) in [6.07, 6.45) is -4.34. The molecule has 0 bridgehead atoms. The zero-order valence-electron chi connectivity index (χ0n) is 16.5. The third-order valence-corrected chi connectivity index (χ3v) is 5.51. The molecule has 4 nitrogen and oxygen atoms in total. The predicted molar refractivity (Wildman–Crippen MR) is 117 cm³/mol. The number of methoxy groups -OCH3 is 1. The Morgan fingerprint density at radius 2 is 1.61 bits per heavy atom. The van der Waals surface area contributed by atoms with Gasteiger partial charge in [-0.15, -0.1) is 0 Å². The summed E-state index contributed by atoms with van der Waals surface area (Å²) in [6.45, 7) is 0. The van der Waals surface area contributed by atoms with Crippen molar-refractivity contribution in [1.29, 1.82) is 0 Å². The summed E-state index contributed by atoms with van der Waals surface area (Å²) < 4.78 is 43.7. The molecule has 1 N–H and O–H groups in total. The molecule has 0 saturated carbocycles. The smallest absolute Gasteiger partial charge is 0.416 e. The van der Waals surface area contributed by atoms with Crippen LogP contribution >= 0.6 is 11.8 Å². The van der Waals surface area contributed by atoms with Gasteiger partial charge in [-0.2, -0.15) is 13.2 Å². The fourth-order valence-electron chi connectivity index (χ4n) is 3.03. The molecule has 0 unspecified atom stereocenters. The van der Waals surface area contributed by atoms with Gasteiger partial charge in [-0.3, -0.25) is 0 Å². The molecular weight excluding hydrogens is 423 g/mol. The first-order valence-electron chi connectivity index (χ1n) is 9.40. The van der Waals surface area contributed by atoms with Gasteiger partial charge in [-0.05, 0) is 42.0 Å². The number of rotatable bonds is 6. The Labute approximate surface area is 181 Å². The van der Waals surface area contributed by atoms with E-state index in [4.69, 9.17) is 4.74 Å². The van der Waals surface area contributed by atoms with Crippen molar-refractivity contribution in [1.82, 2.24) is 9.97 Å². The van der Waals surface area contributed by atoms with Crippen molar-refractivity contribution in [3.8, 4) is 5.75 Å². The number of hydrogen-bond donors (Lipinski definition) is 1. The summed E-state index contributed by atoms with van der Waals surface area (Å²) in [5.41, 5.74) is 1.64. The van der Waals surface area contributed by atoms with E-state index in [1.165, 1.54) is 23.9 Å².